The van der Waals surface area contributed by atoms with Crippen LogP contribution in [0.4, 0.5) is 5.69 Å². The average Bonchev–Trinajstić information content (AvgIpc) is 3.26. The minimum atomic E-state index is -0.160. The van der Waals surface area contributed by atoms with E-state index < -0.39 is 0 Å². The number of carbonyl (C=O) groups is 1. The van der Waals surface area contributed by atoms with Gasteiger partial charge < -0.3 is 14.2 Å². The van der Waals surface area contributed by atoms with Crippen molar-refractivity contribution in [1.82, 2.24) is 0 Å². The molecule has 1 fully saturated rings. The second kappa shape index (κ2) is 7.85. The minimum Gasteiger partial charge on any atom is -0.490 e. The van der Waals surface area contributed by atoms with E-state index in [-0.39, 0.29) is 18.8 Å². The molecule has 7 heteroatoms. The van der Waals surface area contributed by atoms with Crippen molar-refractivity contribution in [2.24, 2.45) is 0 Å². The van der Waals surface area contributed by atoms with Crippen LogP contribution in [0.25, 0.3) is 6.08 Å². The predicted octanol–water partition coefficient (Wildman–Crippen LogP) is 5.00. The molecular formula is C21H19NO4S2. The van der Waals surface area contributed by atoms with Gasteiger partial charge in [-0.05, 0) is 37.6 Å². The maximum Gasteiger partial charge on any atom is 0.270 e. The number of carbonyl (C=O) groups excluding carboxylic acids is 1. The van der Waals surface area contributed by atoms with Gasteiger partial charge in [-0.2, -0.15) is 0 Å². The monoisotopic (exact) mass is 413 g/mol. The van der Waals surface area contributed by atoms with Crippen LogP contribution >= 0.6 is 24.0 Å². The van der Waals surface area contributed by atoms with Gasteiger partial charge >= 0.3 is 0 Å². The van der Waals surface area contributed by atoms with Gasteiger partial charge in [-0.1, -0.05) is 49.1 Å². The van der Waals surface area contributed by atoms with E-state index >= 15 is 0 Å². The van der Waals surface area contributed by atoms with E-state index in [2.05, 4.69) is 6.92 Å². The Bertz CT molecular complexity index is 973. The Labute approximate surface area is 173 Å². The number of hydrogen-bond acceptors (Lipinski definition) is 6. The summed E-state index contributed by atoms with van der Waals surface area (Å²) >= 11 is 6.75. The highest BCUT2D eigenvalue weighted by Crippen LogP contribution is 2.41. The molecule has 2 aromatic rings. The van der Waals surface area contributed by atoms with Crippen molar-refractivity contribution in [3.8, 4) is 17.2 Å². The highest BCUT2D eigenvalue weighted by atomic mass is 32.2. The van der Waals surface area contributed by atoms with Crippen molar-refractivity contribution in [1.29, 1.82) is 0 Å². The van der Waals surface area contributed by atoms with Crippen LogP contribution in [0.2, 0.25) is 0 Å². The molecule has 0 bridgehead atoms. The number of hydrogen-bond donors (Lipinski definition) is 0. The predicted molar refractivity (Wildman–Crippen MR) is 115 cm³/mol. The molecule has 1 amide bonds. The van der Waals surface area contributed by atoms with Gasteiger partial charge in [-0.25, -0.2) is 0 Å². The van der Waals surface area contributed by atoms with Crippen molar-refractivity contribution in [2.75, 3.05) is 11.7 Å². The molecule has 0 aliphatic carbocycles. The first-order valence-corrected chi connectivity index (χ1v) is 10.2. The molecule has 0 radical (unpaired) electrons. The Balaban J connectivity index is 1.63. The van der Waals surface area contributed by atoms with Crippen molar-refractivity contribution < 1.29 is 19.0 Å². The SMILES string of the molecule is CC[C@H](C)Oc1ccccc1/C=C1/SC(=S)N(c2ccc3c(c2)OCO3)C1=O. The first-order valence-electron chi connectivity index (χ1n) is 9.00. The number of thiocarbonyl (C=S) groups is 1. The average molecular weight is 414 g/mol. The maximum absolute atomic E-state index is 13.0. The fourth-order valence-electron chi connectivity index (χ4n) is 2.86. The number of anilines is 1. The zero-order chi connectivity index (χ0) is 19.7. The number of amides is 1. The smallest absolute Gasteiger partial charge is 0.270 e. The molecule has 0 saturated carbocycles. The standard InChI is InChI=1S/C21H19NO4S2/c1-3-13(2)26-16-7-5-4-6-14(16)10-19-20(23)22(21(27)28-19)15-8-9-17-18(11-15)25-12-24-17/h4-11,13H,3,12H2,1-2H3/b19-10+/t13-/m0/s1. The Morgan fingerprint density at radius 1 is 1.25 bits per heavy atom. The number of fused-ring (bicyclic) bond motifs is 1. The Morgan fingerprint density at radius 2 is 2.04 bits per heavy atom. The van der Waals surface area contributed by atoms with Crippen LogP contribution in [0.15, 0.2) is 47.4 Å². The zero-order valence-electron chi connectivity index (χ0n) is 15.5. The Morgan fingerprint density at radius 3 is 2.86 bits per heavy atom. The number of ether oxygens (including phenoxy) is 3. The lowest BCUT2D eigenvalue weighted by molar-refractivity contribution is -0.113. The number of rotatable bonds is 5. The summed E-state index contributed by atoms with van der Waals surface area (Å²) in [6, 6.07) is 13.1. The largest absolute Gasteiger partial charge is 0.490 e. The summed E-state index contributed by atoms with van der Waals surface area (Å²) in [5, 5.41) is 0. The summed E-state index contributed by atoms with van der Waals surface area (Å²) in [4.78, 5) is 15.1. The Hall–Kier alpha value is -2.51. The van der Waals surface area contributed by atoms with Gasteiger partial charge in [0, 0.05) is 11.6 Å². The van der Waals surface area contributed by atoms with Crippen molar-refractivity contribution >= 4 is 46.0 Å². The second-order valence-corrected chi connectivity index (χ2v) is 8.10. The molecule has 0 aromatic heterocycles. The molecule has 28 heavy (non-hydrogen) atoms. The minimum absolute atomic E-state index is 0.0951. The molecule has 0 unspecified atom stereocenters. The molecule has 2 aliphatic heterocycles. The molecule has 0 N–H and O–H groups in total. The molecular weight excluding hydrogens is 394 g/mol. The molecule has 144 valence electrons. The van der Waals surface area contributed by atoms with E-state index in [1.54, 1.807) is 18.2 Å². The second-order valence-electron chi connectivity index (χ2n) is 6.43. The van der Waals surface area contributed by atoms with Gasteiger partial charge in [0.05, 0.1) is 16.7 Å². The number of nitrogens with zero attached hydrogens (tertiary/aromatic N) is 1. The van der Waals surface area contributed by atoms with Crippen LogP contribution < -0.4 is 19.1 Å². The first-order chi connectivity index (χ1) is 13.6. The first kappa shape index (κ1) is 18.8. The van der Waals surface area contributed by atoms with E-state index in [0.717, 1.165) is 17.7 Å². The van der Waals surface area contributed by atoms with Gasteiger partial charge in [-0.3, -0.25) is 9.69 Å². The van der Waals surface area contributed by atoms with Gasteiger partial charge in [0.15, 0.2) is 15.8 Å². The van der Waals surface area contributed by atoms with Crippen LogP contribution in [-0.2, 0) is 4.79 Å². The molecule has 1 atom stereocenters. The van der Waals surface area contributed by atoms with Crippen LogP contribution in [0.5, 0.6) is 17.2 Å². The number of benzene rings is 2. The van der Waals surface area contributed by atoms with E-state index in [4.69, 9.17) is 26.4 Å². The molecule has 2 aliphatic rings. The molecule has 2 aromatic carbocycles. The zero-order valence-corrected chi connectivity index (χ0v) is 17.1. The molecule has 2 heterocycles. The van der Waals surface area contributed by atoms with Crippen LogP contribution in [-0.4, -0.2) is 23.1 Å². The third kappa shape index (κ3) is 3.59. The number of para-hydroxylation sites is 1. The van der Waals surface area contributed by atoms with Crippen molar-refractivity contribution in [3.63, 3.8) is 0 Å². The van der Waals surface area contributed by atoms with Gasteiger partial charge in [-0.15, -0.1) is 0 Å². The van der Waals surface area contributed by atoms with E-state index in [0.29, 0.717) is 26.4 Å². The maximum atomic E-state index is 13.0. The topological polar surface area (TPSA) is 48.0 Å². The summed E-state index contributed by atoms with van der Waals surface area (Å²) in [5.41, 5.74) is 1.52. The van der Waals surface area contributed by atoms with Crippen LogP contribution in [0.3, 0.4) is 0 Å². The third-order valence-corrected chi connectivity index (χ3v) is 5.82. The summed E-state index contributed by atoms with van der Waals surface area (Å²) < 4.78 is 17.2. The normalized spacial score (nSPS) is 18.1. The van der Waals surface area contributed by atoms with Gasteiger partial charge in [0.25, 0.3) is 5.91 Å². The van der Waals surface area contributed by atoms with E-state index in [1.807, 2.05) is 37.3 Å². The van der Waals surface area contributed by atoms with E-state index in [1.165, 1.54) is 16.7 Å². The third-order valence-electron chi connectivity index (χ3n) is 4.52. The van der Waals surface area contributed by atoms with Crippen LogP contribution in [0.1, 0.15) is 25.8 Å². The highest BCUT2D eigenvalue weighted by Gasteiger charge is 2.34. The fourth-order valence-corrected chi connectivity index (χ4v) is 4.15. The summed E-state index contributed by atoms with van der Waals surface area (Å²) in [7, 11) is 0. The molecule has 1 saturated heterocycles. The summed E-state index contributed by atoms with van der Waals surface area (Å²) in [6.45, 7) is 4.28. The van der Waals surface area contributed by atoms with Gasteiger partial charge in [0.1, 0.15) is 5.75 Å². The van der Waals surface area contributed by atoms with E-state index in [9.17, 15) is 4.79 Å². The molecule has 0 spiro atoms. The molecule has 5 nitrogen and oxygen atoms in total. The van der Waals surface area contributed by atoms with Gasteiger partial charge in [0.2, 0.25) is 6.79 Å². The number of thioether (sulfide) groups is 1. The van der Waals surface area contributed by atoms with Crippen molar-refractivity contribution in [3.05, 3.63) is 52.9 Å². The highest BCUT2D eigenvalue weighted by molar-refractivity contribution is 8.27. The fraction of sp³-hybridized carbons (Fsp3) is 0.238. The molecule has 4 rings (SSSR count). The van der Waals surface area contributed by atoms with Crippen LogP contribution in [0, 0.1) is 0 Å². The summed E-state index contributed by atoms with van der Waals surface area (Å²) in [5.74, 6) is 1.88. The lowest BCUT2D eigenvalue weighted by Crippen LogP contribution is -2.27. The lowest BCUT2D eigenvalue weighted by Gasteiger charge is -2.15. The summed E-state index contributed by atoms with van der Waals surface area (Å²) in [6.07, 6.45) is 2.84. The quantitative estimate of drug-likeness (QED) is 0.508. The Kier molecular flexibility index (Phi) is 5.28. The lowest BCUT2D eigenvalue weighted by atomic mass is 10.1. The van der Waals surface area contributed by atoms with Crippen molar-refractivity contribution in [2.45, 2.75) is 26.4 Å².